The van der Waals surface area contributed by atoms with Gasteiger partial charge in [0.05, 0.1) is 0 Å². The summed E-state index contributed by atoms with van der Waals surface area (Å²) in [5.41, 5.74) is 8.49. The second kappa shape index (κ2) is 8.18. The molecule has 1 aliphatic carbocycles. The molecular weight excluding hydrogens is 355 g/mol. The molecular formula is C19H26ClFN4O. The standard InChI is InChI=1S/C19H25FN4O.ClH/c1-3-19(21,4-2)12-22-18(25)17-13-8-7-11-15(13)24(23-17)16-10-6-5-9-14(16)20;/h5-6,9-10H,3-4,7-8,11-12,21H2,1-2H3,(H,22,25);1H. The lowest BCUT2D eigenvalue weighted by Gasteiger charge is -2.26. The van der Waals surface area contributed by atoms with Crippen LogP contribution in [-0.4, -0.2) is 27.8 Å². The van der Waals surface area contributed by atoms with E-state index in [1.54, 1.807) is 22.9 Å². The zero-order chi connectivity index (χ0) is 18.0. The first kappa shape index (κ1) is 20.4. The van der Waals surface area contributed by atoms with Gasteiger partial charge in [0.25, 0.3) is 5.91 Å². The minimum Gasteiger partial charge on any atom is -0.349 e. The highest BCUT2D eigenvalue weighted by Crippen LogP contribution is 2.28. The first-order chi connectivity index (χ1) is 12.0. The molecule has 5 nitrogen and oxygen atoms in total. The van der Waals surface area contributed by atoms with Gasteiger partial charge in [-0.05, 0) is 44.2 Å². The van der Waals surface area contributed by atoms with Gasteiger partial charge in [0.15, 0.2) is 5.69 Å². The molecule has 3 N–H and O–H groups in total. The molecule has 2 aromatic rings. The van der Waals surface area contributed by atoms with Gasteiger partial charge >= 0.3 is 0 Å². The molecule has 0 unspecified atom stereocenters. The Kier molecular flexibility index (Phi) is 6.42. The summed E-state index contributed by atoms with van der Waals surface area (Å²) < 4.78 is 15.8. The van der Waals surface area contributed by atoms with Gasteiger partial charge in [-0.3, -0.25) is 4.79 Å². The van der Waals surface area contributed by atoms with E-state index in [4.69, 9.17) is 5.73 Å². The van der Waals surface area contributed by atoms with Crippen molar-refractivity contribution >= 4 is 18.3 Å². The highest BCUT2D eigenvalue weighted by atomic mass is 35.5. The fourth-order valence-corrected chi connectivity index (χ4v) is 3.28. The number of hydrogen-bond acceptors (Lipinski definition) is 3. The molecule has 1 aliphatic rings. The van der Waals surface area contributed by atoms with Crippen molar-refractivity contribution in [3.63, 3.8) is 0 Å². The number of carbonyl (C=O) groups is 1. The summed E-state index contributed by atoms with van der Waals surface area (Å²) in [6, 6.07) is 6.50. The monoisotopic (exact) mass is 380 g/mol. The molecule has 1 aromatic carbocycles. The Morgan fingerprint density at radius 3 is 2.65 bits per heavy atom. The summed E-state index contributed by atoms with van der Waals surface area (Å²) in [7, 11) is 0. The van der Waals surface area contributed by atoms with Gasteiger partial charge in [0.1, 0.15) is 11.5 Å². The Hall–Kier alpha value is -1.92. The van der Waals surface area contributed by atoms with E-state index in [0.717, 1.165) is 43.4 Å². The molecule has 0 saturated heterocycles. The van der Waals surface area contributed by atoms with Crippen molar-refractivity contribution in [2.24, 2.45) is 5.73 Å². The topological polar surface area (TPSA) is 72.9 Å². The summed E-state index contributed by atoms with van der Waals surface area (Å²) >= 11 is 0. The van der Waals surface area contributed by atoms with Crippen LogP contribution in [0.3, 0.4) is 0 Å². The lowest BCUT2D eigenvalue weighted by molar-refractivity contribution is 0.0935. The smallest absolute Gasteiger partial charge is 0.272 e. The fourth-order valence-electron chi connectivity index (χ4n) is 3.28. The molecule has 1 amide bonds. The van der Waals surface area contributed by atoms with Gasteiger partial charge in [-0.25, -0.2) is 9.07 Å². The number of nitrogens with zero attached hydrogens (tertiary/aromatic N) is 2. The van der Waals surface area contributed by atoms with Crippen LogP contribution in [0.2, 0.25) is 0 Å². The third-order valence-corrected chi connectivity index (χ3v) is 5.24. The van der Waals surface area contributed by atoms with Crippen molar-refractivity contribution in [2.45, 2.75) is 51.5 Å². The van der Waals surface area contributed by atoms with Crippen LogP contribution in [0.25, 0.3) is 5.69 Å². The van der Waals surface area contributed by atoms with Crippen molar-refractivity contribution in [1.29, 1.82) is 0 Å². The van der Waals surface area contributed by atoms with Crippen LogP contribution < -0.4 is 11.1 Å². The Morgan fingerprint density at radius 1 is 1.31 bits per heavy atom. The van der Waals surface area contributed by atoms with Crippen molar-refractivity contribution in [1.82, 2.24) is 15.1 Å². The number of para-hydroxylation sites is 1. The average Bonchev–Trinajstić information content (AvgIpc) is 3.22. The van der Waals surface area contributed by atoms with Crippen LogP contribution in [0.15, 0.2) is 24.3 Å². The van der Waals surface area contributed by atoms with E-state index in [9.17, 15) is 9.18 Å². The van der Waals surface area contributed by atoms with Crippen LogP contribution in [0.5, 0.6) is 0 Å². The van der Waals surface area contributed by atoms with Crippen LogP contribution >= 0.6 is 12.4 Å². The van der Waals surface area contributed by atoms with Gasteiger partial charge in [-0.1, -0.05) is 26.0 Å². The van der Waals surface area contributed by atoms with E-state index in [2.05, 4.69) is 10.4 Å². The highest BCUT2D eigenvalue weighted by molar-refractivity contribution is 5.94. The average molecular weight is 381 g/mol. The largest absolute Gasteiger partial charge is 0.349 e. The number of benzene rings is 1. The van der Waals surface area contributed by atoms with E-state index in [-0.39, 0.29) is 24.1 Å². The second-order valence-electron chi connectivity index (χ2n) is 6.74. The quantitative estimate of drug-likeness (QED) is 0.808. The zero-order valence-corrected chi connectivity index (χ0v) is 16.0. The molecule has 142 valence electrons. The van der Waals surface area contributed by atoms with E-state index in [1.807, 2.05) is 13.8 Å². The molecule has 1 aromatic heterocycles. The molecule has 7 heteroatoms. The van der Waals surface area contributed by atoms with Crippen LogP contribution in [-0.2, 0) is 12.8 Å². The third-order valence-electron chi connectivity index (χ3n) is 5.24. The minimum absolute atomic E-state index is 0. The number of hydrogen-bond donors (Lipinski definition) is 2. The van der Waals surface area contributed by atoms with Gasteiger partial charge in [0, 0.05) is 23.3 Å². The predicted molar refractivity (Wildman–Crippen MR) is 103 cm³/mol. The number of halogens is 2. The summed E-state index contributed by atoms with van der Waals surface area (Å²) in [4.78, 5) is 12.7. The number of nitrogens with two attached hydrogens (primary N) is 1. The lowest BCUT2D eigenvalue weighted by Crippen LogP contribution is -2.49. The number of nitrogens with one attached hydrogen (secondary N) is 1. The minimum atomic E-state index is -0.410. The molecule has 0 spiro atoms. The molecule has 0 radical (unpaired) electrons. The molecule has 0 saturated carbocycles. The van der Waals surface area contributed by atoms with Crippen LogP contribution in [0.4, 0.5) is 4.39 Å². The van der Waals surface area contributed by atoms with E-state index in [1.165, 1.54) is 6.07 Å². The molecule has 0 atom stereocenters. The Labute approximate surface area is 159 Å². The van der Waals surface area contributed by atoms with Crippen molar-refractivity contribution in [2.75, 3.05) is 6.54 Å². The SMILES string of the molecule is CCC(N)(CC)CNC(=O)c1nn(-c2ccccc2F)c2c1CCC2.Cl. The molecule has 26 heavy (non-hydrogen) atoms. The van der Waals surface area contributed by atoms with Gasteiger partial charge < -0.3 is 11.1 Å². The number of carbonyl (C=O) groups excluding carboxylic acids is 1. The lowest BCUT2D eigenvalue weighted by atomic mass is 9.94. The predicted octanol–water partition coefficient (Wildman–Crippen LogP) is 3.17. The number of fused-ring (bicyclic) bond motifs is 1. The molecule has 0 fully saturated rings. The van der Waals surface area contributed by atoms with E-state index >= 15 is 0 Å². The maximum Gasteiger partial charge on any atom is 0.272 e. The summed E-state index contributed by atoms with van der Waals surface area (Å²) in [6.45, 7) is 4.43. The van der Waals surface area contributed by atoms with Gasteiger partial charge in [-0.15, -0.1) is 12.4 Å². The summed E-state index contributed by atoms with van der Waals surface area (Å²) in [5, 5.41) is 7.36. The van der Waals surface area contributed by atoms with Crippen molar-refractivity contribution < 1.29 is 9.18 Å². The first-order valence-corrected chi connectivity index (χ1v) is 8.92. The Bertz CT molecular complexity index is 786. The molecule has 3 rings (SSSR count). The highest BCUT2D eigenvalue weighted by Gasteiger charge is 2.29. The number of amides is 1. The van der Waals surface area contributed by atoms with Crippen molar-refractivity contribution in [3.05, 3.63) is 47.0 Å². The molecule has 0 aliphatic heterocycles. The third kappa shape index (κ3) is 3.76. The zero-order valence-electron chi connectivity index (χ0n) is 15.2. The van der Waals surface area contributed by atoms with Crippen molar-refractivity contribution in [3.8, 4) is 5.69 Å². The first-order valence-electron chi connectivity index (χ1n) is 8.92. The number of rotatable bonds is 6. The van der Waals surface area contributed by atoms with E-state index in [0.29, 0.717) is 17.9 Å². The second-order valence-corrected chi connectivity index (χ2v) is 6.74. The van der Waals surface area contributed by atoms with Gasteiger partial charge in [-0.2, -0.15) is 5.10 Å². The van der Waals surface area contributed by atoms with Crippen LogP contribution in [0.1, 0.15) is 54.9 Å². The van der Waals surface area contributed by atoms with Gasteiger partial charge in [0.2, 0.25) is 0 Å². The fraction of sp³-hybridized carbons (Fsp3) is 0.474. The summed E-state index contributed by atoms with van der Waals surface area (Å²) in [5.74, 6) is -0.574. The Balaban J connectivity index is 0.00000243. The maximum absolute atomic E-state index is 14.2. The Morgan fingerprint density at radius 2 is 2.00 bits per heavy atom. The van der Waals surface area contributed by atoms with Crippen LogP contribution in [0, 0.1) is 5.82 Å². The molecule has 0 bridgehead atoms. The van der Waals surface area contributed by atoms with E-state index < -0.39 is 5.54 Å². The normalized spacial score (nSPS) is 13.2. The maximum atomic E-state index is 14.2. The summed E-state index contributed by atoms with van der Waals surface area (Å²) in [6.07, 6.45) is 4.11. The molecule has 1 heterocycles. The number of aromatic nitrogens is 2.